The van der Waals surface area contributed by atoms with Crippen molar-refractivity contribution in [2.24, 2.45) is 0 Å². The van der Waals surface area contributed by atoms with Crippen LogP contribution in [0.15, 0.2) is 46.9 Å². The normalized spacial score (nSPS) is 10.1. The van der Waals surface area contributed by atoms with E-state index < -0.39 is 0 Å². The van der Waals surface area contributed by atoms with E-state index in [0.717, 1.165) is 16.3 Å². The van der Waals surface area contributed by atoms with Crippen LogP contribution >= 0.6 is 27.5 Å². The summed E-state index contributed by atoms with van der Waals surface area (Å²) in [6.07, 6.45) is 0.791. The first-order valence-electron chi connectivity index (χ1n) is 5.31. The summed E-state index contributed by atoms with van der Waals surface area (Å²) in [7, 11) is 0. The molecule has 0 fully saturated rings. The Balaban J connectivity index is 2.06. The van der Waals surface area contributed by atoms with Crippen molar-refractivity contribution >= 4 is 33.8 Å². The van der Waals surface area contributed by atoms with Crippen LogP contribution in [0, 0.1) is 0 Å². The molecule has 0 atom stereocenters. The lowest BCUT2D eigenvalue weighted by atomic mass is 10.2. The van der Waals surface area contributed by atoms with Crippen LogP contribution in [0.5, 0.6) is 5.75 Å². The number of halogens is 2. The molecule has 0 aliphatic carbocycles. The van der Waals surface area contributed by atoms with E-state index in [1.54, 1.807) is 12.1 Å². The molecule has 0 aromatic heterocycles. The molecule has 0 saturated carbocycles. The molecule has 0 bridgehead atoms. The van der Waals surface area contributed by atoms with Gasteiger partial charge >= 0.3 is 0 Å². The van der Waals surface area contributed by atoms with Gasteiger partial charge in [-0.3, -0.25) is 4.79 Å². The van der Waals surface area contributed by atoms with Crippen molar-refractivity contribution in [1.82, 2.24) is 0 Å². The maximum absolute atomic E-state index is 10.8. The van der Waals surface area contributed by atoms with E-state index >= 15 is 0 Å². The van der Waals surface area contributed by atoms with Gasteiger partial charge in [0.05, 0.1) is 0 Å². The highest BCUT2D eigenvalue weighted by molar-refractivity contribution is 9.10. The molecule has 0 N–H and O–H groups in total. The predicted octanol–water partition coefficient (Wildman–Crippen LogP) is 4.49. The fourth-order valence-electron chi connectivity index (χ4n) is 1.45. The highest BCUT2D eigenvalue weighted by atomic mass is 79.9. The van der Waals surface area contributed by atoms with Crippen molar-refractivity contribution in [3.8, 4) is 5.75 Å². The van der Waals surface area contributed by atoms with Crippen LogP contribution in [-0.2, 0) is 6.61 Å². The number of aldehydes is 1. The minimum Gasteiger partial charge on any atom is -0.489 e. The fourth-order valence-corrected chi connectivity index (χ4v) is 1.92. The summed E-state index contributed by atoms with van der Waals surface area (Å²) in [5.74, 6) is 0.662. The summed E-state index contributed by atoms with van der Waals surface area (Å²) in [5, 5.41) is 0.700. The zero-order valence-electron chi connectivity index (χ0n) is 9.40. The Kier molecular flexibility index (Phi) is 4.39. The van der Waals surface area contributed by atoms with Crippen LogP contribution in [-0.4, -0.2) is 6.29 Å². The first-order chi connectivity index (χ1) is 8.69. The second kappa shape index (κ2) is 6.03. The highest BCUT2D eigenvalue weighted by Gasteiger charge is 2.02. The molecular formula is C14H10BrClO2. The summed E-state index contributed by atoms with van der Waals surface area (Å²) >= 11 is 9.09. The number of ether oxygens (including phenoxy) is 1. The van der Waals surface area contributed by atoms with Crippen molar-refractivity contribution in [1.29, 1.82) is 0 Å². The predicted molar refractivity (Wildman–Crippen MR) is 75.3 cm³/mol. The molecule has 4 heteroatoms. The van der Waals surface area contributed by atoms with E-state index in [-0.39, 0.29) is 0 Å². The van der Waals surface area contributed by atoms with E-state index in [1.165, 1.54) is 0 Å². The molecule has 2 aromatic carbocycles. The van der Waals surface area contributed by atoms with Gasteiger partial charge in [0.15, 0.2) is 6.29 Å². The van der Waals surface area contributed by atoms with Crippen molar-refractivity contribution in [3.63, 3.8) is 0 Å². The van der Waals surface area contributed by atoms with Crippen LogP contribution in [0.2, 0.25) is 5.02 Å². The van der Waals surface area contributed by atoms with Crippen molar-refractivity contribution < 1.29 is 9.53 Å². The Bertz CT molecular complexity index is 552. The number of carbonyl (C=O) groups excluding carboxylic acids is 1. The van der Waals surface area contributed by atoms with Gasteiger partial charge in [0.25, 0.3) is 0 Å². The lowest BCUT2D eigenvalue weighted by Gasteiger charge is -2.07. The number of carbonyl (C=O) groups is 1. The standard InChI is InChI=1S/C14H10BrClO2/c15-14-6-5-13(7-11(14)8-17)18-9-10-1-3-12(16)4-2-10/h1-8H,9H2. The first-order valence-corrected chi connectivity index (χ1v) is 6.48. The molecule has 0 amide bonds. The minimum atomic E-state index is 0.442. The average Bonchev–Trinajstić information content (AvgIpc) is 2.39. The monoisotopic (exact) mass is 324 g/mol. The van der Waals surface area contributed by atoms with E-state index in [4.69, 9.17) is 16.3 Å². The summed E-state index contributed by atoms with van der Waals surface area (Å²) in [4.78, 5) is 10.8. The van der Waals surface area contributed by atoms with Crippen LogP contribution < -0.4 is 4.74 Å². The average molecular weight is 326 g/mol. The summed E-state index contributed by atoms with van der Waals surface area (Å²) in [6.45, 7) is 0.442. The van der Waals surface area contributed by atoms with Crippen molar-refractivity contribution in [2.75, 3.05) is 0 Å². The number of hydrogen-bond donors (Lipinski definition) is 0. The van der Waals surface area contributed by atoms with E-state index in [1.807, 2.05) is 30.3 Å². The van der Waals surface area contributed by atoms with Crippen molar-refractivity contribution in [3.05, 3.63) is 63.1 Å². The second-order valence-electron chi connectivity index (χ2n) is 3.72. The Labute approximate surface area is 119 Å². The quantitative estimate of drug-likeness (QED) is 0.774. The molecule has 2 rings (SSSR count). The molecule has 0 heterocycles. The summed E-state index contributed by atoms with van der Waals surface area (Å²) in [5.41, 5.74) is 1.60. The molecule has 18 heavy (non-hydrogen) atoms. The SMILES string of the molecule is O=Cc1cc(OCc2ccc(Cl)cc2)ccc1Br. The summed E-state index contributed by atoms with van der Waals surface area (Å²) in [6, 6.07) is 12.8. The zero-order valence-corrected chi connectivity index (χ0v) is 11.7. The maximum Gasteiger partial charge on any atom is 0.151 e. The number of benzene rings is 2. The zero-order chi connectivity index (χ0) is 13.0. The molecule has 0 spiro atoms. The van der Waals surface area contributed by atoms with Gasteiger partial charge in [0.1, 0.15) is 12.4 Å². The maximum atomic E-state index is 10.8. The number of rotatable bonds is 4. The van der Waals surface area contributed by atoms with E-state index in [2.05, 4.69) is 15.9 Å². The third-order valence-corrected chi connectivity index (χ3v) is 3.39. The molecule has 0 aliphatic rings. The Morgan fingerprint density at radius 2 is 1.89 bits per heavy atom. The van der Waals surface area contributed by atoms with Gasteiger partial charge in [-0.15, -0.1) is 0 Å². The molecule has 0 saturated heterocycles. The third kappa shape index (κ3) is 3.34. The first kappa shape index (κ1) is 13.1. The van der Waals surface area contributed by atoms with Gasteiger partial charge in [-0.1, -0.05) is 39.7 Å². The fraction of sp³-hybridized carbons (Fsp3) is 0.0714. The largest absolute Gasteiger partial charge is 0.489 e. The molecule has 0 unspecified atom stereocenters. The molecule has 0 radical (unpaired) electrons. The van der Waals surface area contributed by atoms with Gasteiger partial charge < -0.3 is 4.74 Å². The van der Waals surface area contributed by atoms with Crippen molar-refractivity contribution in [2.45, 2.75) is 6.61 Å². The molecule has 92 valence electrons. The highest BCUT2D eigenvalue weighted by Crippen LogP contribution is 2.22. The minimum absolute atomic E-state index is 0.442. The smallest absolute Gasteiger partial charge is 0.151 e. The Morgan fingerprint density at radius 1 is 1.17 bits per heavy atom. The lowest BCUT2D eigenvalue weighted by molar-refractivity contribution is 0.112. The Hall–Kier alpha value is -1.32. The molecule has 2 aromatic rings. The van der Waals surface area contributed by atoms with Gasteiger partial charge in [0, 0.05) is 15.1 Å². The van der Waals surface area contributed by atoms with Gasteiger partial charge in [-0.25, -0.2) is 0 Å². The molecule has 2 nitrogen and oxygen atoms in total. The van der Waals surface area contributed by atoms with Crippen LogP contribution in [0.3, 0.4) is 0 Å². The van der Waals surface area contributed by atoms with Gasteiger partial charge in [-0.05, 0) is 35.9 Å². The molecule has 0 aliphatic heterocycles. The van der Waals surface area contributed by atoms with E-state index in [0.29, 0.717) is 22.9 Å². The van der Waals surface area contributed by atoms with Crippen LogP contribution in [0.4, 0.5) is 0 Å². The van der Waals surface area contributed by atoms with Crippen LogP contribution in [0.1, 0.15) is 15.9 Å². The second-order valence-corrected chi connectivity index (χ2v) is 5.01. The number of hydrogen-bond acceptors (Lipinski definition) is 2. The van der Waals surface area contributed by atoms with Gasteiger partial charge in [0.2, 0.25) is 0 Å². The summed E-state index contributed by atoms with van der Waals surface area (Å²) < 4.78 is 6.37. The molecular weight excluding hydrogens is 316 g/mol. The Morgan fingerprint density at radius 3 is 2.56 bits per heavy atom. The topological polar surface area (TPSA) is 26.3 Å². The van der Waals surface area contributed by atoms with Crippen LogP contribution in [0.25, 0.3) is 0 Å². The van der Waals surface area contributed by atoms with Gasteiger partial charge in [-0.2, -0.15) is 0 Å². The van der Waals surface area contributed by atoms with E-state index in [9.17, 15) is 4.79 Å². The lowest BCUT2D eigenvalue weighted by Crippen LogP contribution is -1.96. The third-order valence-electron chi connectivity index (χ3n) is 2.41.